The molecule has 10 aliphatic rings. The summed E-state index contributed by atoms with van der Waals surface area (Å²) in [7, 11) is 0. The Labute approximate surface area is 180 Å². The normalized spacial score (nSPS) is 73.3. The number of halogens is 1. The maximum atomic E-state index is 4.68. The van der Waals surface area contributed by atoms with Crippen LogP contribution in [0.3, 0.4) is 0 Å². The number of alkyl halides is 1. The first-order valence-electron chi connectivity index (χ1n) is 12.1. The molecule has 8 atom stereocenters. The van der Waals surface area contributed by atoms with Crippen LogP contribution in [-0.2, 0) is 11.9 Å². The van der Waals surface area contributed by atoms with Gasteiger partial charge in [-0.05, 0) is 0 Å². The third kappa shape index (κ3) is 0.268. The van der Waals surface area contributed by atoms with Crippen LogP contribution in [0.4, 0.5) is 0 Å². The fourth-order valence-corrected chi connectivity index (χ4v) is 109. The van der Waals surface area contributed by atoms with Gasteiger partial charge in [-0.15, -0.1) is 0 Å². The second-order valence-corrected chi connectivity index (χ2v) is 39.7. The topological polar surface area (TPSA) is 0 Å². The Morgan fingerprint density at radius 1 is 0.548 bits per heavy atom. The second-order valence-electron chi connectivity index (χ2n) is 14.5. The molecule has 154 valence electrons. The van der Waals surface area contributed by atoms with E-state index in [4.69, 9.17) is 0 Å². The van der Waals surface area contributed by atoms with Crippen LogP contribution >= 0.6 is 15.9 Å². The Morgan fingerprint density at radius 3 is 1.13 bits per heavy atom. The fourth-order valence-electron chi connectivity index (χ4n) is 20.5. The Morgan fingerprint density at radius 2 is 0.903 bits per heavy atom. The van der Waals surface area contributed by atoms with Crippen LogP contribution in [-0.4, -0.2) is 3.22 Å². The van der Waals surface area contributed by atoms with Gasteiger partial charge in [-0.3, -0.25) is 0 Å². The van der Waals surface area contributed by atoms with Crippen molar-refractivity contribution in [1.29, 1.82) is 0 Å². The van der Waals surface area contributed by atoms with Crippen LogP contribution in [0, 0.1) is 0 Å². The van der Waals surface area contributed by atoms with Gasteiger partial charge in [0, 0.05) is 0 Å². The predicted molar refractivity (Wildman–Crippen MR) is 124 cm³/mol. The molecule has 13 rings (SSSR count). The summed E-state index contributed by atoms with van der Waals surface area (Å²) in [6.07, 6.45) is 0. The number of fused-ring (bicyclic) bond motifs is 10. The van der Waals surface area contributed by atoms with E-state index in [0.29, 0.717) is 7.54 Å². The average molecular weight is 507 g/mol. The Balaban J connectivity index is 1.31. The van der Waals surface area contributed by atoms with Crippen LogP contribution in [0.2, 0.25) is 42.8 Å². The molecule has 0 bridgehead atoms. The van der Waals surface area contributed by atoms with E-state index in [9.17, 15) is 0 Å². The minimum absolute atomic E-state index is 0.0620. The minimum atomic E-state index is -3.67. The SMILES string of the molecule is Br[C]12[CH]3[CH]4[CH]5[CH]1[Fe]45321678[CH]2[CH]1[CH]6[C]7(C(c1ccccc1)(c1ccccc1)c1ccccc1)[CH]28. The van der Waals surface area contributed by atoms with Gasteiger partial charge in [-0.1, -0.05) is 0 Å². The first-order chi connectivity index (χ1) is 15.0. The molecule has 0 radical (unpaired) electrons. The van der Waals surface area contributed by atoms with Crippen molar-refractivity contribution in [3.05, 3.63) is 108 Å². The molecule has 31 heavy (non-hydrogen) atoms. The van der Waals surface area contributed by atoms with Gasteiger partial charge >= 0.3 is 182 Å². The van der Waals surface area contributed by atoms with Gasteiger partial charge in [0.05, 0.1) is 0 Å². The molecular formula is C29H23BrFe. The van der Waals surface area contributed by atoms with Gasteiger partial charge in [0.25, 0.3) is 0 Å². The van der Waals surface area contributed by atoms with Crippen molar-refractivity contribution in [3.63, 3.8) is 0 Å². The van der Waals surface area contributed by atoms with E-state index in [1.165, 1.54) is 38.5 Å². The van der Waals surface area contributed by atoms with E-state index in [2.05, 4.69) is 107 Å². The zero-order chi connectivity index (χ0) is 19.8. The van der Waals surface area contributed by atoms with Gasteiger partial charge in [-0.25, -0.2) is 0 Å². The Kier molecular flexibility index (Phi) is 0.826. The molecule has 0 amide bonds. The summed E-state index contributed by atoms with van der Waals surface area (Å²) in [6.45, 7) is -3.67. The van der Waals surface area contributed by atoms with Gasteiger partial charge in [0.2, 0.25) is 0 Å². The van der Waals surface area contributed by atoms with E-state index in [1.54, 1.807) is 16.7 Å². The number of hydrogen-bond acceptors (Lipinski definition) is 0. The molecule has 3 aromatic rings. The zero-order valence-electron chi connectivity index (χ0n) is 17.0. The van der Waals surface area contributed by atoms with E-state index in [1.807, 2.05) is 0 Å². The van der Waals surface area contributed by atoms with Crippen molar-refractivity contribution >= 4 is 15.9 Å². The molecular weight excluding hydrogens is 484 g/mol. The van der Waals surface area contributed by atoms with Gasteiger partial charge in [-0.2, -0.15) is 0 Å². The standard InChI is InChI=1S/C24H19.C5H4Br.Fe/c1-4-12-20(13-5-1)24(23-18-10-11-19-23,21-14-6-2-7-15-21)22-16-8-3-9-17-22;6-5-3-1-2-4-5;/h1-19H;1-4H;. The van der Waals surface area contributed by atoms with Crippen molar-refractivity contribution in [1.82, 2.24) is 0 Å². The van der Waals surface area contributed by atoms with Crippen molar-refractivity contribution in [2.75, 3.05) is 0 Å². The van der Waals surface area contributed by atoms with Crippen molar-refractivity contribution in [2.24, 2.45) is 0 Å². The van der Waals surface area contributed by atoms with Crippen molar-refractivity contribution < 1.29 is 6.51 Å². The van der Waals surface area contributed by atoms with Crippen molar-refractivity contribution in [2.45, 2.75) is 51.5 Å². The summed E-state index contributed by atoms with van der Waals surface area (Å²) < 4.78 is 1.35. The molecule has 0 N–H and O–H groups in total. The van der Waals surface area contributed by atoms with Gasteiger partial charge < -0.3 is 0 Å². The maximum absolute atomic E-state index is 4.68. The van der Waals surface area contributed by atoms with Crippen LogP contribution < -0.4 is 0 Å². The van der Waals surface area contributed by atoms with Crippen LogP contribution in [0.1, 0.15) is 16.7 Å². The molecule has 8 unspecified atom stereocenters. The van der Waals surface area contributed by atoms with E-state index >= 15 is 0 Å². The average Bonchev–Trinajstić information content (AvgIpc) is 3.78. The van der Waals surface area contributed by atoms with Crippen molar-refractivity contribution in [3.8, 4) is 0 Å². The quantitative estimate of drug-likeness (QED) is 0.190. The fraction of sp³-hybridized carbons (Fsp3) is 0.379. The van der Waals surface area contributed by atoms with Gasteiger partial charge in [0.1, 0.15) is 0 Å². The molecule has 3 aromatic carbocycles. The molecule has 10 fully saturated rings. The number of rotatable bonds is 4. The molecule has 1 spiro atoms. The van der Waals surface area contributed by atoms with E-state index in [0.717, 1.165) is 0 Å². The summed E-state index contributed by atoms with van der Waals surface area (Å²) in [5.41, 5.74) is 4.84. The molecule has 2 heteroatoms. The molecule has 10 saturated heterocycles. The summed E-state index contributed by atoms with van der Waals surface area (Å²) >= 11 is 4.68. The van der Waals surface area contributed by atoms with E-state index < -0.39 is 6.51 Å². The molecule has 0 aromatic heterocycles. The first kappa shape index (κ1) is 14.0. The second kappa shape index (κ2) is 1.82. The predicted octanol–water partition coefficient (Wildman–Crippen LogP) is 8.08. The summed E-state index contributed by atoms with van der Waals surface area (Å²) in [6, 6.07) is 35.5. The number of benzene rings is 3. The summed E-state index contributed by atoms with van der Waals surface area (Å²) in [5, 5.41) is 0. The van der Waals surface area contributed by atoms with Gasteiger partial charge in [0.15, 0.2) is 0 Å². The molecule has 0 nitrogen and oxygen atoms in total. The summed E-state index contributed by atoms with van der Waals surface area (Å²) in [4.78, 5) is 9.80. The molecule has 0 aliphatic carbocycles. The third-order valence-electron chi connectivity index (χ3n) is 18.8. The number of hydrogen-bond donors (Lipinski definition) is 0. The third-order valence-corrected chi connectivity index (χ3v) is 68.8. The zero-order valence-corrected chi connectivity index (χ0v) is 19.7. The first-order valence-corrected chi connectivity index (χ1v) is 19.1. The monoisotopic (exact) mass is 506 g/mol. The summed E-state index contributed by atoms with van der Waals surface area (Å²) in [5.74, 6) is 0. The molecule has 0 saturated carbocycles. The Hall–Kier alpha value is -1.34. The van der Waals surface area contributed by atoms with Crippen LogP contribution in [0.5, 0.6) is 0 Å². The van der Waals surface area contributed by atoms with Crippen LogP contribution in [0.15, 0.2) is 91.0 Å². The van der Waals surface area contributed by atoms with E-state index in [-0.39, 0.29) is 5.41 Å². The molecule has 10 aliphatic heterocycles. The van der Waals surface area contributed by atoms with Crippen LogP contribution in [0.25, 0.3) is 0 Å². The molecule has 10 heterocycles. The Bertz CT molecular complexity index is 1750.